The third-order valence-electron chi connectivity index (χ3n) is 5.52. The van der Waals surface area contributed by atoms with Crippen molar-refractivity contribution in [3.63, 3.8) is 0 Å². The van der Waals surface area contributed by atoms with Crippen LogP contribution in [0.3, 0.4) is 0 Å². The third-order valence-corrected chi connectivity index (χ3v) is 8.78. The van der Waals surface area contributed by atoms with Gasteiger partial charge >= 0.3 is 0 Å². The van der Waals surface area contributed by atoms with Gasteiger partial charge in [0.2, 0.25) is 14.8 Å². The van der Waals surface area contributed by atoms with Crippen LogP contribution in [0.15, 0.2) is 97.9 Å². The minimum absolute atomic E-state index is 0.244. The van der Waals surface area contributed by atoms with Gasteiger partial charge < -0.3 is 4.74 Å². The Morgan fingerprint density at radius 2 is 1.67 bits per heavy atom. The second-order valence-corrected chi connectivity index (χ2v) is 11.6. The lowest BCUT2D eigenvalue weighted by molar-refractivity contribution is 0.0730. The normalized spacial score (nSPS) is 15.5. The van der Waals surface area contributed by atoms with E-state index in [0.717, 1.165) is 21.3 Å². The van der Waals surface area contributed by atoms with Crippen molar-refractivity contribution >= 4 is 49.2 Å². The summed E-state index contributed by atoms with van der Waals surface area (Å²) >= 11 is 4.94. The maximum Gasteiger partial charge on any atom is 0.243 e. The molecule has 0 spiro atoms. The quantitative estimate of drug-likeness (QED) is 0.312. The van der Waals surface area contributed by atoms with Gasteiger partial charge in [-0.25, -0.2) is 18.1 Å². The van der Waals surface area contributed by atoms with Gasteiger partial charge in [-0.2, -0.15) is 9.41 Å². The van der Waals surface area contributed by atoms with Crippen molar-refractivity contribution in [1.82, 2.24) is 14.0 Å². The Kier molecular flexibility index (Phi) is 7.54. The number of hydrogen-bond acceptors (Lipinski definition) is 7. The van der Waals surface area contributed by atoms with E-state index < -0.39 is 10.0 Å². The van der Waals surface area contributed by atoms with Crippen molar-refractivity contribution in [2.24, 2.45) is 10.1 Å². The number of halogens is 1. The highest BCUT2D eigenvalue weighted by Gasteiger charge is 2.26. The van der Waals surface area contributed by atoms with Gasteiger partial charge in [-0.15, -0.1) is 11.3 Å². The molecular formula is C25H22BrN5O3S2. The maximum atomic E-state index is 12.9. The van der Waals surface area contributed by atoms with Crippen molar-refractivity contribution in [2.75, 3.05) is 26.3 Å². The van der Waals surface area contributed by atoms with Crippen LogP contribution in [0.1, 0.15) is 5.56 Å². The molecule has 0 aliphatic carbocycles. The summed E-state index contributed by atoms with van der Waals surface area (Å²) in [5.74, 6) is 0. The first-order valence-corrected chi connectivity index (χ1v) is 14.3. The van der Waals surface area contributed by atoms with E-state index in [1.807, 2.05) is 41.8 Å². The highest BCUT2D eigenvalue weighted by atomic mass is 79.9. The number of hydrogen-bond donors (Lipinski definition) is 0. The topological polar surface area (TPSA) is 89.2 Å². The van der Waals surface area contributed by atoms with Gasteiger partial charge in [0, 0.05) is 40.9 Å². The molecule has 1 fully saturated rings. The largest absolute Gasteiger partial charge is 0.379 e. The van der Waals surface area contributed by atoms with Gasteiger partial charge in [0.1, 0.15) is 0 Å². The van der Waals surface area contributed by atoms with E-state index in [9.17, 15) is 8.42 Å². The summed E-state index contributed by atoms with van der Waals surface area (Å²) in [6, 6.07) is 18.4. The number of sulfonamides is 1. The Morgan fingerprint density at radius 1 is 0.972 bits per heavy atom. The van der Waals surface area contributed by atoms with Crippen LogP contribution >= 0.6 is 27.3 Å². The van der Waals surface area contributed by atoms with Gasteiger partial charge in [-0.3, -0.25) is 4.98 Å². The SMILES string of the molecule is O=S(=O)(c1ccc(N=c2scc(-c3ccc(Br)cc3)n2N=Cc2ccncc2)cc1)N1CCOCC1. The molecule has 1 aliphatic rings. The average Bonchev–Trinajstić information content (AvgIpc) is 3.31. The zero-order valence-electron chi connectivity index (χ0n) is 19.1. The van der Waals surface area contributed by atoms with Gasteiger partial charge in [0.15, 0.2) is 0 Å². The zero-order chi connectivity index (χ0) is 25.0. The van der Waals surface area contributed by atoms with Crippen LogP contribution in [0.25, 0.3) is 11.3 Å². The number of nitrogens with zero attached hydrogens (tertiary/aromatic N) is 5. The van der Waals surface area contributed by atoms with Crippen molar-refractivity contribution < 1.29 is 13.2 Å². The van der Waals surface area contributed by atoms with E-state index in [1.165, 1.54) is 15.6 Å². The molecule has 0 saturated carbocycles. The predicted octanol–water partition coefficient (Wildman–Crippen LogP) is 4.51. The molecule has 8 nitrogen and oxygen atoms in total. The molecule has 0 bridgehead atoms. The van der Waals surface area contributed by atoms with E-state index in [-0.39, 0.29) is 4.90 Å². The number of aromatic nitrogens is 2. The van der Waals surface area contributed by atoms with Crippen molar-refractivity contribution in [3.05, 3.63) is 93.3 Å². The molecule has 11 heteroatoms. The highest BCUT2D eigenvalue weighted by molar-refractivity contribution is 9.10. The highest BCUT2D eigenvalue weighted by Crippen LogP contribution is 2.24. The first-order valence-electron chi connectivity index (χ1n) is 11.1. The van der Waals surface area contributed by atoms with Crippen LogP contribution in [0.2, 0.25) is 0 Å². The molecule has 0 radical (unpaired) electrons. The second-order valence-electron chi connectivity index (χ2n) is 7.87. The predicted molar refractivity (Wildman–Crippen MR) is 144 cm³/mol. The molecule has 36 heavy (non-hydrogen) atoms. The van der Waals surface area contributed by atoms with E-state index >= 15 is 0 Å². The summed E-state index contributed by atoms with van der Waals surface area (Å²) in [7, 11) is -3.56. The number of morpholine rings is 1. The Hall–Kier alpha value is -2.96. The van der Waals surface area contributed by atoms with Crippen LogP contribution in [0.4, 0.5) is 5.69 Å². The number of benzene rings is 2. The minimum atomic E-state index is -3.56. The Bertz CT molecular complexity index is 1530. The molecule has 184 valence electrons. The molecule has 1 saturated heterocycles. The average molecular weight is 585 g/mol. The first kappa shape index (κ1) is 24.7. The monoisotopic (exact) mass is 583 g/mol. The fraction of sp³-hybridized carbons (Fsp3) is 0.160. The van der Waals surface area contributed by atoms with Gasteiger partial charge in [-0.1, -0.05) is 28.1 Å². The summed E-state index contributed by atoms with van der Waals surface area (Å²) in [5.41, 5.74) is 3.43. The molecule has 0 N–H and O–H groups in total. The zero-order valence-corrected chi connectivity index (χ0v) is 22.3. The molecule has 2 aromatic heterocycles. The Labute approximate surface area is 221 Å². The fourth-order valence-corrected chi connectivity index (χ4v) is 6.15. The molecule has 0 atom stereocenters. The number of ether oxygens (including phenoxy) is 1. The lowest BCUT2D eigenvalue weighted by Gasteiger charge is -2.26. The molecule has 2 aromatic carbocycles. The molecule has 3 heterocycles. The summed E-state index contributed by atoms with van der Waals surface area (Å²) in [6.07, 6.45) is 5.19. The summed E-state index contributed by atoms with van der Waals surface area (Å²) < 4.78 is 35.4. The minimum Gasteiger partial charge on any atom is -0.379 e. The lowest BCUT2D eigenvalue weighted by atomic mass is 10.2. The van der Waals surface area contributed by atoms with Crippen molar-refractivity contribution in [3.8, 4) is 11.3 Å². The van der Waals surface area contributed by atoms with Crippen LogP contribution in [0.5, 0.6) is 0 Å². The molecular weight excluding hydrogens is 562 g/mol. The van der Waals surface area contributed by atoms with Crippen LogP contribution < -0.4 is 4.80 Å². The number of pyridine rings is 1. The summed E-state index contributed by atoms with van der Waals surface area (Å²) in [6.45, 7) is 1.54. The van der Waals surface area contributed by atoms with E-state index in [2.05, 4.69) is 20.9 Å². The molecule has 5 rings (SSSR count). The van der Waals surface area contributed by atoms with E-state index in [1.54, 1.807) is 47.5 Å². The molecule has 4 aromatic rings. The summed E-state index contributed by atoms with van der Waals surface area (Å²) in [5, 5.41) is 6.71. The van der Waals surface area contributed by atoms with E-state index in [4.69, 9.17) is 14.8 Å². The van der Waals surface area contributed by atoms with Crippen LogP contribution in [-0.4, -0.2) is 54.9 Å². The van der Waals surface area contributed by atoms with Crippen LogP contribution in [0, 0.1) is 0 Å². The van der Waals surface area contributed by atoms with Gasteiger partial charge in [-0.05, 0) is 54.1 Å². The standard InChI is InChI=1S/C25H22BrN5O3S2/c26-21-3-1-20(2-4-21)24-18-35-25(31(24)28-17-19-9-11-27-12-10-19)29-22-5-7-23(8-6-22)36(32,33)30-13-15-34-16-14-30/h1-12,17-18H,13-16H2. The van der Waals surface area contributed by atoms with Crippen molar-refractivity contribution in [2.45, 2.75) is 4.90 Å². The van der Waals surface area contributed by atoms with Crippen LogP contribution in [-0.2, 0) is 14.8 Å². The Morgan fingerprint density at radius 3 is 2.36 bits per heavy atom. The third kappa shape index (κ3) is 5.55. The van der Waals surface area contributed by atoms with Gasteiger partial charge in [0.25, 0.3) is 0 Å². The lowest BCUT2D eigenvalue weighted by Crippen LogP contribution is -2.40. The molecule has 0 unspecified atom stereocenters. The molecule has 0 amide bonds. The smallest absolute Gasteiger partial charge is 0.243 e. The Balaban J connectivity index is 1.51. The number of rotatable bonds is 6. The maximum absolute atomic E-state index is 12.9. The summed E-state index contributed by atoms with van der Waals surface area (Å²) in [4.78, 5) is 9.72. The van der Waals surface area contributed by atoms with E-state index in [0.29, 0.717) is 36.8 Å². The first-order chi connectivity index (χ1) is 17.5. The number of thiazole rings is 1. The molecule has 1 aliphatic heterocycles. The van der Waals surface area contributed by atoms with Crippen molar-refractivity contribution in [1.29, 1.82) is 0 Å². The van der Waals surface area contributed by atoms with Gasteiger partial charge in [0.05, 0.1) is 35.7 Å². The fourth-order valence-electron chi connectivity index (χ4n) is 3.62. The second kappa shape index (κ2) is 11.0.